The number of imide groups is 1. The summed E-state index contributed by atoms with van der Waals surface area (Å²) in [4.78, 5) is 34.2. The second kappa shape index (κ2) is 9.78. The van der Waals surface area contributed by atoms with E-state index in [1.54, 1.807) is 48.5 Å². The highest BCUT2D eigenvalue weighted by Crippen LogP contribution is 2.48. The highest BCUT2D eigenvalue weighted by atomic mass is 19.4. The standard InChI is InChI=1S/C27H23F3N2O5/c1-2-16-35-20-14-10-18(11-15-20)31-25(33)22-23(17-8-12-21(13-9-17)36-27(28,29)30)32(37-24(22)26(31)34)19-6-4-3-5-7-19/h3-15,22-24H,2,16H2,1H3/t22-,23-,24+/m1/s1. The van der Waals surface area contributed by atoms with Crippen LogP contribution >= 0.6 is 0 Å². The maximum Gasteiger partial charge on any atom is 0.573 e. The zero-order chi connectivity index (χ0) is 26.2. The van der Waals surface area contributed by atoms with Crippen LogP contribution in [0, 0.1) is 5.92 Å². The Bertz CT molecular complexity index is 1270. The molecule has 0 spiro atoms. The third-order valence-electron chi connectivity index (χ3n) is 6.15. The first-order valence-electron chi connectivity index (χ1n) is 11.7. The molecule has 10 heteroatoms. The van der Waals surface area contributed by atoms with Crippen LogP contribution in [0.3, 0.4) is 0 Å². The number of hydrogen-bond donors (Lipinski definition) is 0. The molecule has 2 aliphatic rings. The van der Waals surface area contributed by atoms with E-state index < -0.39 is 36.2 Å². The van der Waals surface area contributed by atoms with Crippen molar-refractivity contribution in [3.8, 4) is 11.5 Å². The molecule has 2 fully saturated rings. The van der Waals surface area contributed by atoms with E-state index in [0.29, 0.717) is 29.3 Å². The summed E-state index contributed by atoms with van der Waals surface area (Å²) in [5.74, 6) is -1.67. The normalized spacial score (nSPS) is 21.4. The SMILES string of the molecule is CCCOc1ccc(N2C(=O)[C@H]3[C@H](ON(c4ccccc4)[C@@H]3c3ccc(OC(F)(F)F)cc3)C2=O)cc1. The number of alkyl halides is 3. The van der Waals surface area contributed by atoms with Crippen LogP contribution in [0.25, 0.3) is 0 Å². The van der Waals surface area contributed by atoms with E-state index in [2.05, 4.69) is 4.74 Å². The van der Waals surface area contributed by atoms with Crippen LogP contribution in [-0.2, 0) is 14.4 Å². The number of ether oxygens (including phenoxy) is 2. The van der Waals surface area contributed by atoms with Crippen molar-refractivity contribution in [2.24, 2.45) is 5.92 Å². The van der Waals surface area contributed by atoms with Crippen LogP contribution in [0.15, 0.2) is 78.9 Å². The number of carbonyl (C=O) groups excluding carboxylic acids is 2. The Morgan fingerprint density at radius 3 is 2.11 bits per heavy atom. The zero-order valence-corrected chi connectivity index (χ0v) is 19.7. The third-order valence-corrected chi connectivity index (χ3v) is 6.15. The van der Waals surface area contributed by atoms with E-state index >= 15 is 0 Å². The molecule has 2 saturated heterocycles. The minimum Gasteiger partial charge on any atom is -0.494 e. The molecule has 37 heavy (non-hydrogen) atoms. The Labute approximate surface area is 210 Å². The van der Waals surface area contributed by atoms with Gasteiger partial charge in [-0.05, 0) is 60.5 Å². The fourth-order valence-corrected chi connectivity index (χ4v) is 4.58. The van der Waals surface area contributed by atoms with Gasteiger partial charge >= 0.3 is 6.36 Å². The Balaban J connectivity index is 1.47. The van der Waals surface area contributed by atoms with Crippen molar-refractivity contribution in [3.05, 3.63) is 84.4 Å². The largest absolute Gasteiger partial charge is 0.573 e. The Kier molecular flexibility index (Phi) is 6.51. The molecule has 192 valence electrons. The topological polar surface area (TPSA) is 68.3 Å². The number of nitrogens with zero attached hydrogens (tertiary/aromatic N) is 2. The van der Waals surface area contributed by atoms with Gasteiger partial charge in [-0.1, -0.05) is 37.3 Å². The van der Waals surface area contributed by atoms with Gasteiger partial charge in [-0.25, -0.2) is 9.96 Å². The lowest BCUT2D eigenvalue weighted by Gasteiger charge is -2.29. The highest BCUT2D eigenvalue weighted by molar-refractivity contribution is 6.23. The van der Waals surface area contributed by atoms with Gasteiger partial charge in [0.2, 0.25) is 5.91 Å². The van der Waals surface area contributed by atoms with Gasteiger partial charge in [0.25, 0.3) is 5.91 Å². The van der Waals surface area contributed by atoms with Gasteiger partial charge in [0.15, 0.2) is 6.10 Å². The maximum absolute atomic E-state index is 13.7. The molecule has 0 radical (unpaired) electrons. The van der Waals surface area contributed by atoms with Crippen LogP contribution in [0.4, 0.5) is 24.5 Å². The molecule has 0 saturated carbocycles. The quantitative estimate of drug-likeness (QED) is 0.394. The molecule has 0 N–H and O–H groups in total. The lowest BCUT2D eigenvalue weighted by molar-refractivity contribution is -0.274. The van der Waals surface area contributed by atoms with Crippen LogP contribution in [0.5, 0.6) is 11.5 Å². The Morgan fingerprint density at radius 2 is 1.49 bits per heavy atom. The molecule has 3 aromatic rings. The first-order valence-corrected chi connectivity index (χ1v) is 11.7. The van der Waals surface area contributed by atoms with Gasteiger partial charge in [0.05, 0.1) is 24.0 Å². The summed E-state index contributed by atoms with van der Waals surface area (Å²) in [5, 5.41) is 1.48. The summed E-state index contributed by atoms with van der Waals surface area (Å²) in [6, 6.07) is 20.0. The molecular weight excluding hydrogens is 489 g/mol. The van der Waals surface area contributed by atoms with Crippen molar-refractivity contribution in [2.45, 2.75) is 31.9 Å². The smallest absolute Gasteiger partial charge is 0.494 e. The maximum atomic E-state index is 13.7. The fourth-order valence-electron chi connectivity index (χ4n) is 4.58. The number of benzene rings is 3. The van der Waals surface area contributed by atoms with Crippen LogP contribution in [0.2, 0.25) is 0 Å². The molecule has 3 atom stereocenters. The molecule has 2 aliphatic heterocycles. The summed E-state index contributed by atoms with van der Waals surface area (Å²) in [7, 11) is 0. The summed E-state index contributed by atoms with van der Waals surface area (Å²) in [6.07, 6.45) is -5.08. The molecule has 2 heterocycles. The molecule has 2 amide bonds. The van der Waals surface area contributed by atoms with E-state index in [9.17, 15) is 22.8 Å². The molecule has 3 aromatic carbocycles. The van der Waals surface area contributed by atoms with Gasteiger partial charge in [0.1, 0.15) is 17.4 Å². The number of carbonyl (C=O) groups is 2. The number of halogens is 3. The zero-order valence-electron chi connectivity index (χ0n) is 19.7. The van der Waals surface area contributed by atoms with Gasteiger partial charge in [-0.15, -0.1) is 13.2 Å². The predicted molar refractivity (Wildman–Crippen MR) is 128 cm³/mol. The minimum absolute atomic E-state index is 0.385. The second-order valence-electron chi connectivity index (χ2n) is 8.63. The fraction of sp³-hybridized carbons (Fsp3) is 0.259. The van der Waals surface area contributed by atoms with E-state index in [-0.39, 0.29) is 5.75 Å². The first kappa shape index (κ1) is 24.6. The van der Waals surface area contributed by atoms with E-state index in [1.165, 1.54) is 29.3 Å². The molecule has 5 rings (SSSR count). The van der Waals surface area contributed by atoms with Gasteiger partial charge in [-0.2, -0.15) is 0 Å². The molecule has 0 aromatic heterocycles. The van der Waals surface area contributed by atoms with Crippen molar-refractivity contribution in [2.75, 3.05) is 16.6 Å². The van der Waals surface area contributed by atoms with Crippen LogP contribution < -0.4 is 19.4 Å². The first-order chi connectivity index (χ1) is 17.8. The van der Waals surface area contributed by atoms with Crippen molar-refractivity contribution >= 4 is 23.2 Å². The number of fused-ring (bicyclic) bond motifs is 1. The van der Waals surface area contributed by atoms with E-state index in [1.807, 2.05) is 13.0 Å². The lowest BCUT2D eigenvalue weighted by Crippen LogP contribution is -2.37. The van der Waals surface area contributed by atoms with Crippen LogP contribution in [-0.4, -0.2) is 30.9 Å². The van der Waals surface area contributed by atoms with Crippen molar-refractivity contribution in [1.29, 1.82) is 0 Å². The molecule has 0 unspecified atom stereocenters. The van der Waals surface area contributed by atoms with Crippen molar-refractivity contribution in [1.82, 2.24) is 0 Å². The number of hydrogen-bond acceptors (Lipinski definition) is 6. The Morgan fingerprint density at radius 1 is 0.838 bits per heavy atom. The molecule has 0 aliphatic carbocycles. The number of rotatable bonds is 7. The predicted octanol–water partition coefficient (Wildman–Crippen LogP) is 5.43. The molecular formula is C27H23F3N2O5. The van der Waals surface area contributed by atoms with Crippen molar-refractivity contribution in [3.63, 3.8) is 0 Å². The van der Waals surface area contributed by atoms with Gasteiger partial charge in [0, 0.05) is 0 Å². The average Bonchev–Trinajstić information content (AvgIpc) is 3.39. The molecule has 0 bridgehead atoms. The highest BCUT2D eigenvalue weighted by Gasteiger charge is 2.60. The van der Waals surface area contributed by atoms with Crippen molar-refractivity contribution < 1.29 is 37.1 Å². The molecule has 7 nitrogen and oxygen atoms in total. The number of anilines is 2. The third kappa shape index (κ3) is 4.84. The summed E-state index contributed by atoms with van der Waals surface area (Å²) < 4.78 is 47.5. The van der Waals surface area contributed by atoms with Crippen LogP contribution in [0.1, 0.15) is 24.9 Å². The minimum atomic E-state index is -4.83. The Hall–Kier alpha value is -4.05. The number of amides is 2. The van der Waals surface area contributed by atoms with Gasteiger partial charge < -0.3 is 9.47 Å². The second-order valence-corrected chi connectivity index (χ2v) is 8.63. The number of hydroxylamine groups is 1. The summed E-state index contributed by atoms with van der Waals surface area (Å²) in [6.45, 7) is 2.53. The summed E-state index contributed by atoms with van der Waals surface area (Å²) in [5.41, 5.74) is 1.48. The van der Waals surface area contributed by atoms with Gasteiger partial charge in [-0.3, -0.25) is 14.4 Å². The number of para-hydroxylation sites is 1. The average molecular weight is 512 g/mol. The lowest BCUT2D eigenvalue weighted by atomic mass is 9.90. The van der Waals surface area contributed by atoms with E-state index in [4.69, 9.17) is 9.57 Å². The summed E-state index contributed by atoms with van der Waals surface area (Å²) >= 11 is 0. The monoisotopic (exact) mass is 512 g/mol. The van der Waals surface area contributed by atoms with E-state index in [0.717, 1.165) is 11.3 Å².